The number of carbonyl (C=O) groups excluding carboxylic acids is 1. The Kier molecular flexibility index (Phi) is 4.90. The summed E-state index contributed by atoms with van der Waals surface area (Å²) < 4.78 is 2.15. The Morgan fingerprint density at radius 1 is 1.36 bits per heavy atom. The number of nitrogens with zero attached hydrogens (tertiary/aromatic N) is 3. The van der Waals surface area contributed by atoms with E-state index in [1.54, 1.807) is 0 Å². The van der Waals surface area contributed by atoms with Crippen LogP contribution in [0.1, 0.15) is 55.5 Å². The largest absolute Gasteiger partial charge is 0.349 e. The van der Waals surface area contributed by atoms with E-state index in [9.17, 15) is 4.79 Å². The van der Waals surface area contributed by atoms with Crippen molar-refractivity contribution in [2.75, 3.05) is 0 Å². The van der Waals surface area contributed by atoms with Crippen molar-refractivity contribution in [3.05, 3.63) is 35.1 Å². The van der Waals surface area contributed by atoms with E-state index in [-0.39, 0.29) is 11.9 Å². The van der Waals surface area contributed by atoms with Gasteiger partial charge in [-0.25, -0.2) is 9.97 Å². The zero-order valence-corrected chi connectivity index (χ0v) is 16.1. The number of nitrogens with one attached hydrogen (secondary N) is 1. The SMILES string of the molecule is CC[C@@H](C)NC(=O)c1sc(-c2cn(C(C)C)c3ncccc23)nc1C. The lowest BCUT2D eigenvalue weighted by molar-refractivity contribution is 0.0942. The fourth-order valence-electron chi connectivity index (χ4n) is 2.76. The summed E-state index contributed by atoms with van der Waals surface area (Å²) in [4.78, 5) is 22.4. The van der Waals surface area contributed by atoms with Gasteiger partial charge < -0.3 is 9.88 Å². The van der Waals surface area contributed by atoms with Crippen LogP contribution in [0.3, 0.4) is 0 Å². The maximum atomic E-state index is 12.5. The van der Waals surface area contributed by atoms with Gasteiger partial charge in [-0.05, 0) is 46.2 Å². The highest BCUT2D eigenvalue weighted by atomic mass is 32.1. The molecule has 132 valence electrons. The van der Waals surface area contributed by atoms with E-state index in [1.165, 1.54) is 11.3 Å². The van der Waals surface area contributed by atoms with E-state index in [1.807, 2.05) is 26.1 Å². The minimum absolute atomic E-state index is 0.0404. The zero-order chi connectivity index (χ0) is 18.1. The van der Waals surface area contributed by atoms with Gasteiger partial charge in [0.05, 0.1) is 5.69 Å². The predicted octanol–water partition coefficient (Wildman–Crippen LogP) is 4.58. The number of aromatic nitrogens is 3. The van der Waals surface area contributed by atoms with Crippen LogP contribution in [-0.4, -0.2) is 26.5 Å². The first-order valence-electron chi connectivity index (χ1n) is 8.66. The van der Waals surface area contributed by atoms with Crippen molar-refractivity contribution < 1.29 is 4.79 Å². The summed E-state index contributed by atoms with van der Waals surface area (Å²) >= 11 is 1.45. The second kappa shape index (κ2) is 6.96. The third-order valence-electron chi connectivity index (χ3n) is 4.37. The van der Waals surface area contributed by atoms with Crippen LogP contribution in [0.25, 0.3) is 21.6 Å². The smallest absolute Gasteiger partial charge is 0.263 e. The molecule has 0 aliphatic carbocycles. The Morgan fingerprint density at radius 2 is 2.12 bits per heavy atom. The fourth-order valence-corrected chi connectivity index (χ4v) is 3.75. The van der Waals surface area contributed by atoms with Gasteiger partial charge in [0.2, 0.25) is 0 Å². The molecule has 3 heterocycles. The van der Waals surface area contributed by atoms with Crippen LogP contribution in [-0.2, 0) is 0 Å². The summed E-state index contributed by atoms with van der Waals surface area (Å²) in [5.41, 5.74) is 2.76. The molecular weight excluding hydrogens is 332 g/mol. The molecule has 25 heavy (non-hydrogen) atoms. The molecule has 0 aliphatic heterocycles. The molecule has 0 saturated heterocycles. The summed E-state index contributed by atoms with van der Waals surface area (Å²) in [6, 6.07) is 4.46. The Labute approximate surface area is 152 Å². The lowest BCUT2D eigenvalue weighted by Gasteiger charge is -2.09. The Bertz CT molecular complexity index is 909. The monoisotopic (exact) mass is 356 g/mol. The summed E-state index contributed by atoms with van der Waals surface area (Å²) in [5, 5.41) is 4.96. The third kappa shape index (κ3) is 3.31. The summed E-state index contributed by atoms with van der Waals surface area (Å²) in [6.07, 6.45) is 4.81. The van der Waals surface area contributed by atoms with Crippen LogP contribution in [0.15, 0.2) is 24.5 Å². The zero-order valence-electron chi connectivity index (χ0n) is 15.3. The summed E-state index contributed by atoms with van der Waals surface area (Å²) in [6.45, 7) is 10.2. The van der Waals surface area contributed by atoms with Crippen molar-refractivity contribution in [3.8, 4) is 10.6 Å². The van der Waals surface area contributed by atoms with Crippen molar-refractivity contribution in [1.29, 1.82) is 0 Å². The highest BCUT2D eigenvalue weighted by Gasteiger charge is 2.20. The number of rotatable bonds is 5. The first-order chi connectivity index (χ1) is 11.9. The van der Waals surface area contributed by atoms with Gasteiger partial charge in [0.25, 0.3) is 5.91 Å². The first kappa shape index (κ1) is 17.6. The quantitative estimate of drug-likeness (QED) is 0.728. The molecule has 0 bridgehead atoms. The molecule has 0 aliphatic rings. The van der Waals surface area contributed by atoms with Crippen LogP contribution >= 0.6 is 11.3 Å². The number of thiazole rings is 1. The lowest BCUT2D eigenvalue weighted by Crippen LogP contribution is -2.31. The van der Waals surface area contributed by atoms with Gasteiger partial charge in [0.1, 0.15) is 15.5 Å². The van der Waals surface area contributed by atoms with Gasteiger partial charge in [-0.1, -0.05) is 6.92 Å². The van der Waals surface area contributed by atoms with E-state index in [0.717, 1.165) is 33.7 Å². The Hall–Kier alpha value is -2.21. The molecule has 1 amide bonds. The average Bonchev–Trinajstić information content (AvgIpc) is 3.15. The molecule has 3 aromatic rings. The molecule has 5 nitrogen and oxygen atoms in total. The molecule has 3 rings (SSSR count). The van der Waals surface area contributed by atoms with Gasteiger partial charge in [-0.2, -0.15) is 0 Å². The molecule has 6 heteroatoms. The number of hydrogen-bond donors (Lipinski definition) is 1. The molecule has 0 unspecified atom stereocenters. The fraction of sp³-hybridized carbons (Fsp3) is 0.421. The minimum atomic E-state index is -0.0404. The van der Waals surface area contributed by atoms with Crippen molar-refractivity contribution in [3.63, 3.8) is 0 Å². The standard InChI is InChI=1S/C19H24N4OS/c1-6-12(4)21-18(24)16-13(5)22-19(25-16)15-10-23(11(2)3)17-14(15)8-7-9-20-17/h7-12H,6H2,1-5H3,(H,21,24)/t12-/m1/s1. The summed E-state index contributed by atoms with van der Waals surface area (Å²) in [7, 11) is 0. The molecule has 3 aromatic heterocycles. The summed E-state index contributed by atoms with van der Waals surface area (Å²) in [5.74, 6) is -0.0404. The number of aryl methyl sites for hydroxylation is 1. The molecule has 0 spiro atoms. The highest BCUT2D eigenvalue weighted by molar-refractivity contribution is 7.17. The number of amides is 1. The van der Waals surface area contributed by atoms with Crippen molar-refractivity contribution in [2.45, 2.75) is 53.1 Å². The Morgan fingerprint density at radius 3 is 2.80 bits per heavy atom. The number of hydrogen-bond acceptors (Lipinski definition) is 4. The van der Waals surface area contributed by atoms with Crippen LogP contribution < -0.4 is 5.32 Å². The number of pyridine rings is 1. The molecular formula is C19H24N4OS. The second-order valence-corrected chi connectivity index (χ2v) is 7.63. The van der Waals surface area contributed by atoms with Gasteiger partial charge in [-0.3, -0.25) is 4.79 Å². The molecule has 0 fully saturated rings. The van der Waals surface area contributed by atoms with E-state index in [0.29, 0.717) is 10.9 Å². The van der Waals surface area contributed by atoms with Crippen LogP contribution in [0.5, 0.6) is 0 Å². The normalized spacial score (nSPS) is 12.7. The molecule has 0 saturated carbocycles. The topological polar surface area (TPSA) is 59.8 Å². The van der Waals surface area contributed by atoms with Crippen molar-refractivity contribution in [1.82, 2.24) is 19.9 Å². The maximum absolute atomic E-state index is 12.5. The lowest BCUT2D eigenvalue weighted by atomic mass is 10.2. The molecule has 0 aromatic carbocycles. The number of fused-ring (bicyclic) bond motifs is 1. The van der Waals surface area contributed by atoms with Gasteiger partial charge in [0, 0.05) is 35.4 Å². The van der Waals surface area contributed by atoms with Crippen LogP contribution in [0, 0.1) is 6.92 Å². The van der Waals surface area contributed by atoms with E-state index >= 15 is 0 Å². The van der Waals surface area contributed by atoms with E-state index in [2.05, 4.69) is 52.9 Å². The minimum Gasteiger partial charge on any atom is -0.349 e. The van der Waals surface area contributed by atoms with Crippen molar-refractivity contribution in [2.24, 2.45) is 0 Å². The molecule has 1 atom stereocenters. The molecule has 1 N–H and O–H groups in total. The van der Waals surface area contributed by atoms with Crippen LogP contribution in [0.2, 0.25) is 0 Å². The van der Waals surface area contributed by atoms with Gasteiger partial charge >= 0.3 is 0 Å². The average molecular weight is 356 g/mol. The Balaban J connectivity index is 2.05. The van der Waals surface area contributed by atoms with Gasteiger partial charge in [-0.15, -0.1) is 11.3 Å². The van der Waals surface area contributed by atoms with Gasteiger partial charge in [0.15, 0.2) is 0 Å². The first-order valence-corrected chi connectivity index (χ1v) is 9.48. The second-order valence-electron chi connectivity index (χ2n) is 6.63. The highest BCUT2D eigenvalue weighted by Crippen LogP contribution is 2.35. The third-order valence-corrected chi connectivity index (χ3v) is 5.56. The molecule has 0 radical (unpaired) electrons. The predicted molar refractivity (Wildman–Crippen MR) is 103 cm³/mol. The van der Waals surface area contributed by atoms with Crippen molar-refractivity contribution >= 4 is 28.3 Å². The van der Waals surface area contributed by atoms with Crippen LogP contribution in [0.4, 0.5) is 0 Å². The van der Waals surface area contributed by atoms with E-state index in [4.69, 9.17) is 0 Å². The maximum Gasteiger partial charge on any atom is 0.263 e. The number of carbonyl (C=O) groups is 1. The van der Waals surface area contributed by atoms with E-state index < -0.39 is 0 Å².